The van der Waals surface area contributed by atoms with Gasteiger partial charge in [-0.25, -0.2) is 0 Å². The van der Waals surface area contributed by atoms with Gasteiger partial charge in [-0.05, 0) is 38.1 Å². The molecule has 1 rings (SSSR count). The molecule has 1 aliphatic rings. The summed E-state index contributed by atoms with van der Waals surface area (Å²) in [5, 5.41) is 12.8. The number of nitrogens with zero attached hydrogens (tertiary/aromatic N) is 1. The van der Waals surface area contributed by atoms with E-state index in [-0.39, 0.29) is 18.1 Å². The van der Waals surface area contributed by atoms with Crippen LogP contribution in [0, 0.1) is 5.92 Å². The van der Waals surface area contributed by atoms with Crippen LogP contribution in [0.5, 0.6) is 0 Å². The first-order chi connectivity index (χ1) is 8.55. The average molecular weight is 256 g/mol. The van der Waals surface area contributed by atoms with Gasteiger partial charge in [0.1, 0.15) is 0 Å². The van der Waals surface area contributed by atoms with Gasteiger partial charge in [0.15, 0.2) is 0 Å². The van der Waals surface area contributed by atoms with E-state index < -0.39 is 0 Å². The molecule has 106 valence electrons. The third-order valence-corrected chi connectivity index (χ3v) is 3.64. The van der Waals surface area contributed by atoms with E-state index >= 15 is 0 Å². The zero-order valence-corrected chi connectivity index (χ0v) is 12.0. The van der Waals surface area contributed by atoms with E-state index in [1.54, 1.807) is 6.92 Å². The summed E-state index contributed by atoms with van der Waals surface area (Å²) in [7, 11) is 0. The molecule has 0 aromatic rings. The van der Waals surface area contributed by atoms with Crippen molar-refractivity contribution in [2.45, 2.75) is 58.6 Å². The second kappa shape index (κ2) is 7.74. The topological polar surface area (TPSA) is 52.6 Å². The largest absolute Gasteiger partial charge is 0.393 e. The normalized spacial score (nSPS) is 26.9. The maximum Gasteiger partial charge on any atom is 0.217 e. The van der Waals surface area contributed by atoms with E-state index in [0.717, 1.165) is 45.3 Å². The van der Waals surface area contributed by atoms with Crippen molar-refractivity contribution in [2.24, 2.45) is 5.92 Å². The molecule has 18 heavy (non-hydrogen) atoms. The van der Waals surface area contributed by atoms with Crippen LogP contribution in [0.3, 0.4) is 0 Å². The van der Waals surface area contributed by atoms with Gasteiger partial charge >= 0.3 is 0 Å². The summed E-state index contributed by atoms with van der Waals surface area (Å²) in [5.74, 6) is 0.547. The van der Waals surface area contributed by atoms with Crippen molar-refractivity contribution < 1.29 is 9.90 Å². The van der Waals surface area contributed by atoms with Gasteiger partial charge < -0.3 is 15.3 Å². The van der Waals surface area contributed by atoms with Crippen molar-refractivity contribution >= 4 is 5.91 Å². The van der Waals surface area contributed by atoms with Crippen LogP contribution in [0.4, 0.5) is 0 Å². The van der Waals surface area contributed by atoms with Crippen molar-refractivity contribution in [2.75, 3.05) is 19.6 Å². The molecule has 1 amide bonds. The SMILES string of the molecule is CCCN1CC(CC(O)CC)CC(NC(C)=O)C1. The van der Waals surface area contributed by atoms with Gasteiger partial charge in [0.2, 0.25) is 5.91 Å². The molecule has 0 aromatic heterocycles. The molecule has 0 aromatic carbocycles. The molecule has 3 unspecified atom stereocenters. The van der Waals surface area contributed by atoms with Crippen LogP contribution >= 0.6 is 0 Å². The number of carbonyl (C=O) groups excluding carboxylic acids is 1. The summed E-state index contributed by atoms with van der Waals surface area (Å²) in [6.07, 6.45) is 3.60. The molecule has 4 heteroatoms. The zero-order chi connectivity index (χ0) is 13.5. The Balaban J connectivity index is 2.53. The zero-order valence-electron chi connectivity index (χ0n) is 12.0. The van der Waals surface area contributed by atoms with Crippen LogP contribution in [0.1, 0.15) is 46.5 Å². The highest BCUT2D eigenvalue weighted by molar-refractivity contribution is 5.73. The number of aliphatic hydroxyl groups excluding tert-OH is 1. The summed E-state index contributed by atoms with van der Waals surface area (Å²) in [5.41, 5.74) is 0. The van der Waals surface area contributed by atoms with Gasteiger partial charge in [0.25, 0.3) is 0 Å². The van der Waals surface area contributed by atoms with E-state index in [0.29, 0.717) is 5.92 Å². The molecule has 0 spiro atoms. The first-order valence-electron chi connectivity index (χ1n) is 7.22. The molecular weight excluding hydrogens is 228 g/mol. The van der Waals surface area contributed by atoms with E-state index in [9.17, 15) is 9.90 Å². The summed E-state index contributed by atoms with van der Waals surface area (Å²) in [6, 6.07) is 0.247. The minimum atomic E-state index is -0.199. The lowest BCUT2D eigenvalue weighted by Gasteiger charge is -2.38. The Morgan fingerprint density at radius 1 is 1.44 bits per heavy atom. The Bertz CT molecular complexity index is 258. The number of piperidine rings is 1. The third-order valence-electron chi connectivity index (χ3n) is 3.64. The highest BCUT2D eigenvalue weighted by Gasteiger charge is 2.28. The van der Waals surface area contributed by atoms with E-state index in [2.05, 4.69) is 17.1 Å². The van der Waals surface area contributed by atoms with E-state index in [1.165, 1.54) is 0 Å². The number of nitrogens with one attached hydrogen (secondary N) is 1. The molecule has 1 saturated heterocycles. The lowest BCUT2D eigenvalue weighted by Crippen LogP contribution is -2.51. The standard InChI is InChI=1S/C14H28N2O2/c1-4-6-16-9-12(8-14(18)5-2)7-13(10-16)15-11(3)17/h12-14,18H,4-10H2,1-3H3,(H,15,17). The van der Waals surface area contributed by atoms with Gasteiger partial charge in [-0.3, -0.25) is 4.79 Å². The number of aliphatic hydroxyl groups is 1. The monoisotopic (exact) mass is 256 g/mol. The maximum absolute atomic E-state index is 11.2. The second-order valence-corrected chi connectivity index (χ2v) is 5.56. The smallest absolute Gasteiger partial charge is 0.217 e. The predicted octanol–water partition coefficient (Wildman–Crippen LogP) is 1.38. The fraction of sp³-hybridized carbons (Fsp3) is 0.929. The number of amides is 1. The summed E-state index contributed by atoms with van der Waals surface area (Å²) in [6.45, 7) is 8.86. The Labute approximate surface area is 111 Å². The quantitative estimate of drug-likeness (QED) is 0.755. The Morgan fingerprint density at radius 2 is 2.17 bits per heavy atom. The van der Waals surface area contributed by atoms with Crippen LogP contribution < -0.4 is 5.32 Å². The Morgan fingerprint density at radius 3 is 2.72 bits per heavy atom. The molecule has 1 heterocycles. The molecule has 2 N–H and O–H groups in total. The number of hydrogen-bond acceptors (Lipinski definition) is 3. The van der Waals surface area contributed by atoms with E-state index in [1.807, 2.05) is 6.92 Å². The van der Waals surface area contributed by atoms with Crippen molar-refractivity contribution in [3.8, 4) is 0 Å². The maximum atomic E-state index is 11.2. The van der Waals surface area contributed by atoms with Gasteiger partial charge in [-0.15, -0.1) is 0 Å². The molecule has 3 atom stereocenters. The van der Waals surface area contributed by atoms with Crippen LogP contribution in [0.15, 0.2) is 0 Å². The molecule has 0 bridgehead atoms. The molecule has 4 nitrogen and oxygen atoms in total. The minimum Gasteiger partial charge on any atom is -0.393 e. The lowest BCUT2D eigenvalue weighted by atomic mass is 9.88. The molecule has 1 aliphatic heterocycles. The van der Waals surface area contributed by atoms with Crippen molar-refractivity contribution in [3.63, 3.8) is 0 Å². The minimum absolute atomic E-state index is 0.0492. The first kappa shape index (κ1) is 15.4. The van der Waals surface area contributed by atoms with Crippen LogP contribution in [0.2, 0.25) is 0 Å². The Hall–Kier alpha value is -0.610. The molecule has 0 saturated carbocycles. The van der Waals surface area contributed by atoms with Crippen molar-refractivity contribution in [1.29, 1.82) is 0 Å². The number of rotatable bonds is 6. The van der Waals surface area contributed by atoms with Gasteiger partial charge in [0.05, 0.1) is 6.10 Å². The lowest BCUT2D eigenvalue weighted by molar-refractivity contribution is -0.120. The van der Waals surface area contributed by atoms with Crippen molar-refractivity contribution in [1.82, 2.24) is 10.2 Å². The van der Waals surface area contributed by atoms with Crippen LogP contribution in [0.25, 0.3) is 0 Å². The summed E-state index contributed by atoms with van der Waals surface area (Å²) < 4.78 is 0. The average Bonchev–Trinajstić information content (AvgIpc) is 2.28. The molecular formula is C14H28N2O2. The third kappa shape index (κ3) is 5.36. The second-order valence-electron chi connectivity index (χ2n) is 5.56. The molecule has 1 fully saturated rings. The number of hydrogen-bond donors (Lipinski definition) is 2. The van der Waals surface area contributed by atoms with Crippen LogP contribution in [-0.2, 0) is 4.79 Å². The summed E-state index contributed by atoms with van der Waals surface area (Å²) in [4.78, 5) is 13.6. The highest BCUT2D eigenvalue weighted by atomic mass is 16.3. The van der Waals surface area contributed by atoms with E-state index in [4.69, 9.17) is 0 Å². The first-order valence-corrected chi connectivity index (χ1v) is 7.22. The van der Waals surface area contributed by atoms with Gasteiger partial charge in [-0.1, -0.05) is 13.8 Å². The Kier molecular flexibility index (Phi) is 6.65. The van der Waals surface area contributed by atoms with Gasteiger partial charge in [-0.2, -0.15) is 0 Å². The molecule has 0 radical (unpaired) electrons. The highest BCUT2D eigenvalue weighted by Crippen LogP contribution is 2.22. The number of likely N-dealkylation sites (tertiary alicyclic amines) is 1. The fourth-order valence-corrected chi connectivity index (χ4v) is 2.92. The predicted molar refractivity (Wildman–Crippen MR) is 73.4 cm³/mol. The van der Waals surface area contributed by atoms with Crippen LogP contribution in [-0.4, -0.2) is 47.7 Å². The van der Waals surface area contributed by atoms with Gasteiger partial charge in [0, 0.05) is 26.1 Å². The fourth-order valence-electron chi connectivity index (χ4n) is 2.92. The van der Waals surface area contributed by atoms with Crippen molar-refractivity contribution in [3.05, 3.63) is 0 Å². The molecule has 0 aliphatic carbocycles. The number of carbonyl (C=O) groups is 1. The summed E-state index contributed by atoms with van der Waals surface area (Å²) >= 11 is 0.